The lowest BCUT2D eigenvalue weighted by molar-refractivity contribution is -0.147. The van der Waals surface area contributed by atoms with Crippen LogP contribution in [0.2, 0.25) is 0 Å². The zero-order valence-corrected chi connectivity index (χ0v) is 30.2. The molecule has 278 valence electrons. The number of aromatic amines is 1. The molecule has 2 heterocycles. The van der Waals surface area contributed by atoms with Crippen molar-refractivity contribution in [3.63, 3.8) is 0 Å². The maximum Gasteiger partial charge on any atom is 0.509 e. The van der Waals surface area contributed by atoms with Gasteiger partial charge in [0, 0.05) is 43.3 Å². The van der Waals surface area contributed by atoms with E-state index in [1.54, 1.807) is 40.2 Å². The molecule has 2 aliphatic carbocycles. The van der Waals surface area contributed by atoms with Gasteiger partial charge in [-0.05, 0) is 82.9 Å². The van der Waals surface area contributed by atoms with Gasteiger partial charge in [0.25, 0.3) is 5.91 Å². The van der Waals surface area contributed by atoms with E-state index >= 15 is 0 Å². The number of aliphatic hydroxyl groups is 1. The minimum Gasteiger partial charge on any atom is -0.493 e. The van der Waals surface area contributed by atoms with Gasteiger partial charge >= 0.3 is 12.1 Å². The van der Waals surface area contributed by atoms with Gasteiger partial charge in [-0.1, -0.05) is 19.4 Å². The van der Waals surface area contributed by atoms with Crippen LogP contribution < -0.4 is 20.1 Å². The number of ether oxygens (including phenoxy) is 5. The number of rotatable bonds is 11. The highest BCUT2D eigenvalue weighted by atomic mass is 16.7. The summed E-state index contributed by atoms with van der Waals surface area (Å²) in [5.74, 6) is -0.204. The minimum atomic E-state index is -1.15. The van der Waals surface area contributed by atoms with Crippen LogP contribution in [0.15, 0.2) is 36.5 Å². The molecule has 14 heteroatoms. The van der Waals surface area contributed by atoms with E-state index in [0.717, 1.165) is 30.4 Å². The van der Waals surface area contributed by atoms with Crippen LogP contribution in [0.4, 0.5) is 4.79 Å². The van der Waals surface area contributed by atoms with Gasteiger partial charge in [-0.2, -0.15) is 0 Å². The summed E-state index contributed by atoms with van der Waals surface area (Å²) in [7, 11) is 1.59. The predicted molar refractivity (Wildman–Crippen MR) is 184 cm³/mol. The monoisotopic (exact) mass is 710 g/mol. The van der Waals surface area contributed by atoms with E-state index in [1.807, 2.05) is 6.07 Å². The summed E-state index contributed by atoms with van der Waals surface area (Å²) in [5, 5.41) is 17.4. The first-order valence-corrected chi connectivity index (χ1v) is 17.6. The molecule has 2 aromatic rings. The van der Waals surface area contributed by atoms with Crippen molar-refractivity contribution in [2.75, 3.05) is 13.7 Å². The number of carbonyl (C=O) groups is 4. The van der Waals surface area contributed by atoms with Crippen molar-refractivity contribution >= 4 is 23.9 Å². The molecule has 2 amide bonds. The lowest BCUT2D eigenvalue weighted by Gasteiger charge is -2.43. The summed E-state index contributed by atoms with van der Waals surface area (Å²) < 4.78 is 28.4. The number of hydrogen-bond acceptors (Lipinski definition) is 11. The fourth-order valence-corrected chi connectivity index (χ4v) is 7.11. The average Bonchev–Trinajstić information content (AvgIpc) is 3.56. The Morgan fingerprint density at radius 1 is 1.22 bits per heavy atom. The third kappa shape index (κ3) is 9.40. The highest BCUT2D eigenvalue weighted by Gasteiger charge is 2.48. The van der Waals surface area contributed by atoms with E-state index < -0.39 is 53.4 Å². The molecule has 5 rings (SSSR count). The Labute approximate surface area is 298 Å². The van der Waals surface area contributed by atoms with Crippen molar-refractivity contribution in [1.29, 1.82) is 0 Å². The van der Waals surface area contributed by atoms with Gasteiger partial charge in [-0.25, -0.2) is 14.6 Å². The van der Waals surface area contributed by atoms with Gasteiger partial charge in [0.15, 0.2) is 23.7 Å². The van der Waals surface area contributed by atoms with E-state index in [-0.39, 0.29) is 49.8 Å². The van der Waals surface area contributed by atoms with Gasteiger partial charge in [0.1, 0.15) is 17.4 Å². The Morgan fingerprint density at radius 2 is 2.00 bits per heavy atom. The Kier molecular flexibility index (Phi) is 11.6. The quantitative estimate of drug-likeness (QED) is 0.248. The van der Waals surface area contributed by atoms with E-state index in [2.05, 4.69) is 33.6 Å². The van der Waals surface area contributed by atoms with Gasteiger partial charge in [0.05, 0.1) is 19.0 Å². The number of esters is 1. The molecule has 0 saturated heterocycles. The molecule has 14 nitrogen and oxygen atoms in total. The van der Waals surface area contributed by atoms with E-state index in [4.69, 9.17) is 23.7 Å². The van der Waals surface area contributed by atoms with Crippen LogP contribution in [-0.4, -0.2) is 82.1 Å². The van der Waals surface area contributed by atoms with Crippen molar-refractivity contribution in [1.82, 2.24) is 20.6 Å². The van der Waals surface area contributed by atoms with Crippen LogP contribution in [0.3, 0.4) is 0 Å². The summed E-state index contributed by atoms with van der Waals surface area (Å²) in [4.78, 5) is 58.2. The number of H-pyrrole nitrogens is 1. The van der Waals surface area contributed by atoms with E-state index in [1.165, 1.54) is 13.3 Å². The van der Waals surface area contributed by atoms with Gasteiger partial charge < -0.3 is 44.4 Å². The predicted octanol–water partition coefficient (Wildman–Crippen LogP) is 3.84. The Hall–Kier alpha value is -4.59. The standard InChI is InChI=1S/C37H50N4O10/c1-21-8-7-9-25-23-10-11-29(47-6)32(25)49-30-18-37(46,26(21)16-23)14-12-28(30)50-34(44)27(17-24-19-38-20-40-24)41-31(42)13-15-39-33(43)22(2)48-35(45)51-36(3,4)5/h10-12,19-22,26-27,30,46H,7-9,13-18H2,1-6H3,(H,38,40)(H,39,43)(H,41,42)/t21?,22-,26-,27-,30+,37-/m0/s1. The molecule has 0 radical (unpaired) electrons. The van der Waals surface area contributed by atoms with Crippen molar-refractivity contribution in [2.24, 2.45) is 11.8 Å². The molecular weight excluding hydrogens is 660 g/mol. The fourth-order valence-electron chi connectivity index (χ4n) is 7.11. The molecule has 1 aromatic carbocycles. The maximum atomic E-state index is 13.8. The van der Waals surface area contributed by atoms with Crippen LogP contribution >= 0.6 is 0 Å². The van der Waals surface area contributed by atoms with Gasteiger partial charge in [-0.15, -0.1) is 0 Å². The number of hydrogen-bond donors (Lipinski definition) is 4. The van der Waals surface area contributed by atoms with Crippen molar-refractivity contribution in [2.45, 2.75) is 115 Å². The van der Waals surface area contributed by atoms with Crippen molar-refractivity contribution < 1.29 is 48.0 Å². The molecule has 6 bridgehead atoms. The number of benzene rings is 1. The number of aromatic nitrogens is 2. The number of carbonyl (C=O) groups excluding carboxylic acids is 4. The zero-order valence-electron chi connectivity index (χ0n) is 30.2. The summed E-state index contributed by atoms with van der Waals surface area (Å²) >= 11 is 0. The van der Waals surface area contributed by atoms with E-state index in [9.17, 15) is 24.3 Å². The number of imidazole rings is 1. The fraction of sp³-hybridized carbons (Fsp3) is 0.595. The molecule has 3 aliphatic rings. The van der Waals surface area contributed by atoms with Gasteiger partial charge in [0.2, 0.25) is 5.91 Å². The second kappa shape index (κ2) is 15.7. The third-order valence-electron chi connectivity index (χ3n) is 9.72. The smallest absolute Gasteiger partial charge is 0.493 e. The summed E-state index contributed by atoms with van der Waals surface area (Å²) in [6.07, 6.45) is 5.63. The average molecular weight is 711 g/mol. The minimum absolute atomic E-state index is 0.0322. The molecule has 4 N–H and O–H groups in total. The Morgan fingerprint density at radius 3 is 2.71 bits per heavy atom. The topological polar surface area (TPSA) is 187 Å². The first-order valence-electron chi connectivity index (χ1n) is 17.6. The van der Waals surface area contributed by atoms with Crippen LogP contribution in [-0.2, 0) is 47.9 Å². The van der Waals surface area contributed by atoms with Crippen LogP contribution in [0, 0.1) is 11.8 Å². The number of fused-ring (bicyclic) bond motifs is 4. The molecule has 0 saturated carbocycles. The van der Waals surface area contributed by atoms with E-state index in [0.29, 0.717) is 23.6 Å². The first kappa shape index (κ1) is 37.7. The summed E-state index contributed by atoms with van der Waals surface area (Å²) in [6.45, 7) is 8.52. The zero-order chi connectivity index (χ0) is 36.9. The third-order valence-corrected chi connectivity index (χ3v) is 9.72. The molecule has 6 atom stereocenters. The molecule has 0 spiro atoms. The lowest BCUT2D eigenvalue weighted by Crippen LogP contribution is -2.49. The number of nitrogens with zero attached hydrogens (tertiary/aromatic N) is 1. The highest BCUT2D eigenvalue weighted by molar-refractivity contribution is 5.86. The van der Waals surface area contributed by atoms with Crippen molar-refractivity contribution in [3.8, 4) is 11.5 Å². The van der Waals surface area contributed by atoms with Gasteiger partial charge in [-0.3, -0.25) is 9.59 Å². The SMILES string of the molecule is COc1ccc2c3c1O[C@@H]1C[C@@](O)(CC=C1OC(=O)[C@H](Cc1cnc[nH]1)NC(=O)CCNC(=O)[C@H](C)OC(=O)OC(C)(C)C)[C@@H](C2)C(C)CCC3. The highest BCUT2D eigenvalue weighted by Crippen LogP contribution is 2.48. The number of nitrogens with one attached hydrogen (secondary N) is 3. The molecule has 1 aliphatic heterocycles. The Balaban J connectivity index is 1.28. The normalized spacial score (nSPS) is 23.7. The second-order valence-electron chi connectivity index (χ2n) is 14.7. The second-order valence-corrected chi connectivity index (χ2v) is 14.7. The molecule has 0 fully saturated rings. The number of amides is 2. The Bertz CT molecular complexity index is 1620. The number of methoxy groups -OCH3 is 1. The molecule has 1 unspecified atom stereocenters. The molecular formula is C37H50N4O10. The molecule has 51 heavy (non-hydrogen) atoms. The molecule has 1 aromatic heterocycles. The van der Waals surface area contributed by atoms with Crippen LogP contribution in [0.1, 0.15) is 83.5 Å². The summed E-state index contributed by atoms with van der Waals surface area (Å²) in [5.41, 5.74) is 0.902. The van der Waals surface area contributed by atoms with Crippen LogP contribution in [0.5, 0.6) is 11.5 Å². The van der Waals surface area contributed by atoms with Crippen LogP contribution in [0.25, 0.3) is 0 Å². The first-order chi connectivity index (χ1) is 24.2. The largest absolute Gasteiger partial charge is 0.509 e. The lowest BCUT2D eigenvalue weighted by atomic mass is 9.67. The maximum absolute atomic E-state index is 13.8. The van der Waals surface area contributed by atoms with Crippen molar-refractivity contribution in [3.05, 3.63) is 53.3 Å². The summed E-state index contributed by atoms with van der Waals surface area (Å²) in [6, 6.07) is 2.83.